The zero-order chi connectivity index (χ0) is 9.68. The Bertz CT molecular complexity index is 254. The standard InChI is InChI=1S/C8H13BrN2OS/c1-6(10-3-2-4-12)8-11-5-7(9)13-8/h5-6,10,12H,2-4H2,1H3. The zero-order valence-corrected chi connectivity index (χ0v) is 9.86. The predicted octanol–water partition coefficient (Wildman–Crippen LogP) is 1.94. The Hall–Kier alpha value is 0.0300. The fourth-order valence-electron chi connectivity index (χ4n) is 0.952. The maximum atomic E-state index is 8.59. The molecule has 13 heavy (non-hydrogen) atoms. The third-order valence-corrected chi connectivity index (χ3v) is 3.31. The van der Waals surface area contributed by atoms with Crippen LogP contribution in [0, 0.1) is 0 Å². The molecule has 2 N–H and O–H groups in total. The summed E-state index contributed by atoms with van der Waals surface area (Å²) in [6, 6.07) is 0.267. The Morgan fingerprint density at radius 3 is 3.08 bits per heavy atom. The fraction of sp³-hybridized carbons (Fsp3) is 0.625. The summed E-state index contributed by atoms with van der Waals surface area (Å²) in [7, 11) is 0. The van der Waals surface area contributed by atoms with E-state index < -0.39 is 0 Å². The first-order chi connectivity index (χ1) is 6.24. The lowest BCUT2D eigenvalue weighted by Gasteiger charge is -2.09. The van der Waals surface area contributed by atoms with Gasteiger partial charge in [0, 0.05) is 6.61 Å². The SMILES string of the molecule is CC(NCCCO)c1ncc(Br)s1. The van der Waals surface area contributed by atoms with E-state index in [0.29, 0.717) is 0 Å². The molecular weight excluding hydrogens is 252 g/mol. The fourth-order valence-corrected chi connectivity index (χ4v) is 2.22. The second-order valence-corrected chi connectivity index (χ2v) is 5.20. The number of nitrogens with one attached hydrogen (secondary N) is 1. The minimum atomic E-state index is 0.237. The lowest BCUT2D eigenvalue weighted by Crippen LogP contribution is -2.20. The van der Waals surface area contributed by atoms with Gasteiger partial charge in [0.15, 0.2) is 0 Å². The van der Waals surface area contributed by atoms with Crippen LogP contribution in [0.5, 0.6) is 0 Å². The smallest absolute Gasteiger partial charge is 0.110 e. The van der Waals surface area contributed by atoms with Crippen LogP contribution in [0.1, 0.15) is 24.4 Å². The van der Waals surface area contributed by atoms with Crippen LogP contribution in [0.15, 0.2) is 9.98 Å². The topological polar surface area (TPSA) is 45.1 Å². The molecule has 0 bridgehead atoms. The molecule has 1 rings (SSSR count). The summed E-state index contributed by atoms with van der Waals surface area (Å²) in [6.07, 6.45) is 2.60. The van der Waals surface area contributed by atoms with Gasteiger partial charge in [0.1, 0.15) is 5.01 Å². The third-order valence-electron chi connectivity index (χ3n) is 1.65. The van der Waals surface area contributed by atoms with E-state index in [2.05, 4.69) is 33.2 Å². The molecule has 0 saturated carbocycles. The summed E-state index contributed by atoms with van der Waals surface area (Å²) in [5.41, 5.74) is 0. The monoisotopic (exact) mass is 264 g/mol. The molecule has 1 aromatic heterocycles. The molecule has 0 fully saturated rings. The number of thiazole rings is 1. The Morgan fingerprint density at radius 1 is 1.77 bits per heavy atom. The molecule has 1 unspecified atom stereocenters. The van der Waals surface area contributed by atoms with Crippen LogP contribution in [0.25, 0.3) is 0 Å². The number of aliphatic hydroxyl groups is 1. The van der Waals surface area contributed by atoms with Crippen LogP contribution in [0.3, 0.4) is 0 Å². The van der Waals surface area contributed by atoms with Gasteiger partial charge in [-0.2, -0.15) is 0 Å². The highest BCUT2D eigenvalue weighted by Gasteiger charge is 2.07. The van der Waals surface area contributed by atoms with E-state index in [9.17, 15) is 0 Å². The summed E-state index contributed by atoms with van der Waals surface area (Å²) in [5.74, 6) is 0. The highest BCUT2D eigenvalue weighted by molar-refractivity contribution is 9.11. The van der Waals surface area contributed by atoms with Crippen molar-refractivity contribution in [3.05, 3.63) is 15.0 Å². The number of aliphatic hydroxyl groups excluding tert-OH is 1. The van der Waals surface area contributed by atoms with Gasteiger partial charge in [-0.05, 0) is 35.8 Å². The molecule has 0 aliphatic carbocycles. The second-order valence-electron chi connectivity index (χ2n) is 2.76. The Morgan fingerprint density at radius 2 is 2.54 bits per heavy atom. The van der Waals surface area contributed by atoms with Crippen LogP contribution >= 0.6 is 27.3 Å². The molecule has 0 radical (unpaired) electrons. The van der Waals surface area contributed by atoms with Crippen molar-refractivity contribution < 1.29 is 5.11 Å². The van der Waals surface area contributed by atoms with Crippen molar-refractivity contribution in [2.75, 3.05) is 13.2 Å². The zero-order valence-electron chi connectivity index (χ0n) is 7.46. The van der Waals surface area contributed by atoms with Crippen molar-refractivity contribution in [2.45, 2.75) is 19.4 Å². The summed E-state index contributed by atoms with van der Waals surface area (Å²) in [5, 5.41) is 12.9. The predicted molar refractivity (Wildman–Crippen MR) is 57.9 cm³/mol. The molecule has 0 aromatic carbocycles. The minimum absolute atomic E-state index is 0.237. The van der Waals surface area contributed by atoms with Crippen molar-refractivity contribution >= 4 is 27.3 Å². The average molecular weight is 265 g/mol. The molecule has 0 aliphatic heterocycles. The highest BCUT2D eigenvalue weighted by Crippen LogP contribution is 2.23. The van der Waals surface area contributed by atoms with Gasteiger partial charge in [0.25, 0.3) is 0 Å². The maximum absolute atomic E-state index is 8.59. The molecule has 1 aromatic rings. The van der Waals surface area contributed by atoms with E-state index >= 15 is 0 Å². The molecule has 0 spiro atoms. The average Bonchev–Trinajstić information content (AvgIpc) is 2.52. The van der Waals surface area contributed by atoms with E-state index in [1.165, 1.54) is 0 Å². The normalized spacial score (nSPS) is 13.2. The van der Waals surface area contributed by atoms with Crippen LogP contribution in [0.2, 0.25) is 0 Å². The van der Waals surface area contributed by atoms with Crippen LogP contribution in [-0.4, -0.2) is 23.2 Å². The first-order valence-corrected chi connectivity index (χ1v) is 5.80. The first-order valence-electron chi connectivity index (χ1n) is 4.19. The van der Waals surface area contributed by atoms with E-state index in [1.54, 1.807) is 11.3 Å². The second kappa shape index (κ2) is 5.70. The van der Waals surface area contributed by atoms with Crippen molar-refractivity contribution in [3.63, 3.8) is 0 Å². The number of hydrogen-bond donors (Lipinski definition) is 2. The lowest BCUT2D eigenvalue weighted by molar-refractivity contribution is 0.284. The van der Waals surface area contributed by atoms with Gasteiger partial charge in [-0.3, -0.25) is 0 Å². The van der Waals surface area contributed by atoms with Gasteiger partial charge in [0.05, 0.1) is 16.0 Å². The van der Waals surface area contributed by atoms with Crippen LogP contribution < -0.4 is 5.32 Å². The van der Waals surface area contributed by atoms with Crippen molar-refractivity contribution in [1.29, 1.82) is 0 Å². The van der Waals surface area contributed by atoms with E-state index in [4.69, 9.17) is 5.11 Å². The molecule has 3 nitrogen and oxygen atoms in total. The van der Waals surface area contributed by atoms with E-state index in [1.807, 2.05) is 6.20 Å². The number of halogens is 1. The van der Waals surface area contributed by atoms with Gasteiger partial charge in [-0.1, -0.05) is 0 Å². The van der Waals surface area contributed by atoms with Gasteiger partial charge in [0.2, 0.25) is 0 Å². The third kappa shape index (κ3) is 3.72. The molecular formula is C8H13BrN2OS. The Labute approximate surface area is 90.3 Å². The van der Waals surface area contributed by atoms with Crippen LogP contribution in [-0.2, 0) is 0 Å². The first kappa shape index (κ1) is 11.1. The molecule has 0 amide bonds. The molecule has 1 heterocycles. The maximum Gasteiger partial charge on any atom is 0.110 e. The van der Waals surface area contributed by atoms with Gasteiger partial charge < -0.3 is 10.4 Å². The van der Waals surface area contributed by atoms with Crippen molar-refractivity contribution in [1.82, 2.24) is 10.3 Å². The van der Waals surface area contributed by atoms with Crippen LogP contribution in [0.4, 0.5) is 0 Å². The molecule has 5 heteroatoms. The van der Waals surface area contributed by atoms with E-state index in [0.717, 1.165) is 21.8 Å². The van der Waals surface area contributed by atoms with Gasteiger partial charge >= 0.3 is 0 Å². The number of aromatic nitrogens is 1. The highest BCUT2D eigenvalue weighted by atomic mass is 79.9. The van der Waals surface area contributed by atoms with Gasteiger partial charge in [-0.25, -0.2) is 4.98 Å². The number of rotatable bonds is 5. The number of hydrogen-bond acceptors (Lipinski definition) is 4. The molecule has 1 atom stereocenters. The summed E-state index contributed by atoms with van der Waals surface area (Å²) in [6.45, 7) is 3.14. The Balaban J connectivity index is 2.35. The van der Waals surface area contributed by atoms with Crippen molar-refractivity contribution in [3.8, 4) is 0 Å². The van der Waals surface area contributed by atoms with Gasteiger partial charge in [-0.15, -0.1) is 11.3 Å². The molecule has 0 saturated heterocycles. The molecule has 74 valence electrons. The Kier molecular flexibility index (Phi) is 4.87. The summed E-state index contributed by atoms with van der Waals surface area (Å²) < 4.78 is 1.05. The number of nitrogens with zero attached hydrogens (tertiary/aromatic N) is 1. The summed E-state index contributed by atoms with van der Waals surface area (Å²) >= 11 is 5.00. The molecule has 0 aliphatic rings. The van der Waals surface area contributed by atoms with Crippen molar-refractivity contribution in [2.24, 2.45) is 0 Å². The minimum Gasteiger partial charge on any atom is -0.396 e. The lowest BCUT2D eigenvalue weighted by atomic mass is 10.3. The quantitative estimate of drug-likeness (QED) is 0.800. The summed E-state index contributed by atoms with van der Waals surface area (Å²) in [4.78, 5) is 4.24. The largest absolute Gasteiger partial charge is 0.396 e. The van der Waals surface area contributed by atoms with E-state index in [-0.39, 0.29) is 12.6 Å².